The molecule has 11 heteroatoms. The lowest BCUT2D eigenvalue weighted by Gasteiger charge is -2.40. The normalized spacial score (nSPS) is 17.7. The Morgan fingerprint density at radius 3 is 2.33 bits per heavy atom. The monoisotopic (exact) mass is 669 g/mol. The van der Waals surface area contributed by atoms with Gasteiger partial charge >= 0.3 is 0 Å². The van der Waals surface area contributed by atoms with Gasteiger partial charge < -0.3 is 9.80 Å². The Labute approximate surface area is 269 Å². The minimum atomic E-state index is -1.18. The molecule has 1 amide bonds. The molecule has 2 heterocycles. The second kappa shape index (κ2) is 13.0. The summed E-state index contributed by atoms with van der Waals surface area (Å²) in [5, 5.41) is 1.77. The average molecular weight is 671 g/mol. The van der Waals surface area contributed by atoms with E-state index in [1.165, 1.54) is 6.07 Å². The predicted octanol–water partition coefficient (Wildman–Crippen LogP) is 7.83. The quantitative estimate of drug-likeness (QED) is 0.245. The molecule has 5 rings (SSSR count). The van der Waals surface area contributed by atoms with Gasteiger partial charge in [-0.15, -0.1) is 0 Å². The van der Waals surface area contributed by atoms with Crippen LogP contribution in [0.2, 0.25) is 20.1 Å². The van der Waals surface area contributed by atoms with Crippen LogP contribution in [0.5, 0.6) is 0 Å². The van der Waals surface area contributed by atoms with Gasteiger partial charge in [0.15, 0.2) is 0 Å². The van der Waals surface area contributed by atoms with Crippen LogP contribution in [-0.2, 0) is 16.4 Å². The second-order valence-electron chi connectivity index (χ2n) is 11.2. The minimum Gasteiger partial charge on any atom is -0.341 e. The summed E-state index contributed by atoms with van der Waals surface area (Å²) < 4.78 is 28.6. The highest BCUT2D eigenvalue weighted by molar-refractivity contribution is 7.85. The zero-order chi connectivity index (χ0) is 30.2. The van der Waals surface area contributed by atoms with Crippen LogP contribution in [0.1, 0.15) is 46.7 Å². The van der Waals surface area contributed by atoms with Gasteiger partial charge in [-0.25, -0.2) is 8.60 Å². The summed E-state index contributed by atoms with van der Waals surface area (Å²) in [6.45, 7) is 3.58. The molecule has 2 atom stereocenters. The van der Waals surface area contributed by atoms with E-state index in [1.807, 2.05) is 16.4 Å². The number of carbonyl (C=O) groups excluding carboxylic acids is 1. The summed E-state index contributed by atoms with van der Waals surface area (Å²) >= 11 is 24.9. The predicted molar refractivity (Wildman–Crippen MR) is 172 cm³/mol. The van der Waals surface area contributed by atoms with Crippen molar-refractivity contribution < 1.29 is 13.4 Å². The van der Waals surface area contributed by atoms with Crippen molar-refractivity contribution in [2.75, 3.05) is 50.3 Å². The zero-order valence-corrected chi connectivity index (χ0v) is 27.2. The molecule has 3 aromatic carbocycles. The highest BCUT2D eigenvalue weighted by atomic mass is 35.5. The van der Waals surface area contributed by atoms with Crippen molar-refractivity contribution >= 4 is 69.0 Å². The number of amides is 1. The molecule has 0 radical (unpaired) electrons. The molecule has 5 nitrogen and oxygen atoms in total. The van der Waals surface area contributed by atoms with E-state index in [4.69, 9.17) is 46.4 Å². The molecular formula is C31H32Cl4FN3O2S. The lowest BCUT2D eigenvalue weighted by atomic mass is 9.74. The number of nitrogens with zero attached hydrogens (tertiary/aromatic N) is 3. The number of piperidine rings is 1. The van der Waals surface area contributed by atoms with E-state index in [1.54, 1.807) is 54.6 Å². The maximum atomic E-state index is 14.3. The Balaban J connectivity index is 1.29. The van der Waals surface area contributed by atoms with Crippen LogP contribution in [0.15, 0.2) is 54.6 Å². The third-order valence-corrected chi connectivity index (χ3v) is 10.6. The maximum Gasteiger partial charge on any atom is 0.253 e. The summed E-state index contributed by atoms with van der Waals surface area (Å²) in [6, 6.07) is 15.3. The third-order valence-electron chi connectivity index (χ3n) is 8.53. The number of fused-ring (bicyclic) bond motifs is 2. The molecule has 0 aromatic heterocycles. The van der Waals surface area contributed by atoms with Crippen molar-refractivity contribution in [3.05, 3.63) is 97.2 Å². The van der Waals surface area contributed by atoms with Crippen LogP contribution in [0, 0.1) is 5.82 Å². The van der Waals surface area contributed by atoms with Crippen molar-refractivity contribution in [1.29, 1.82) is 0 Å². The summed E-state index contributed by atoms with van der Waals surface area (Å²) in [5.74, 6) is -0.435. The van der Waals surface area contributed by atoms with Crippen LogP contribution in [0.4, 0.5) is 10.1 Å². The standard InChI is InChI=1S/C31H32Cl4FN3O2S/c1-37(30(40)22-13-23(32)16-24(33)14-22)18-21(20-3-5-27(34)28(35)15-20)7-10-38-11-8-31(9-12-38)19-39(42(2)41)29-6-4-25(36)17-26(29)31/h3-6,13-17,21H,7-12,18-19H2,1-2H3. The van der Waals surface area contributed by atoms with Gasteiger partial charge in [0, 0.05) is 53.3 Å². The third kappa shape index (κ3) is 6.77. The second-order valence-corrected chi connectivity index (χ2v) is 14.2. The van der Waals surface area contributed by atoms with Crippen LogP contribution in [0.25, 0.3) is 0 Å². The zero-order valence-electron chi connectivity index (χ0n) is 23.4. The Hall–Kier alpha value is -1.87. The van der Waals surface area contributed by atoms with Crippen LogP contribution < -0.4 is 4.31 Å². The SMILES string of the molecule is CN(CC(CCN1CCC2(CC1)CN(S(C)=O)c1ccc(F)cc12)c1ccc(Cl)c(Cl)c1)C(=O)c1cc(Cl)cc(Cl)c1. The molecule has 3 aromatic rings. The van der Waals surface area contributed by atoms with Crippen molar-refractivity contribution in [1.82, 2.24) is 9.80 Å². The minimum absolute atomic E-state index is 0.00133. The molecular weight excluding hydrogens is 639 g/mol. The van der Waals surface area contributed by atoms with Gasteiger partial charge in [-0.05, 0) is 98.6 Å². The van der Waals surface area contributed by atoms with Gasteiger partial charge in [-0.2, -0.15) is 0 Å². The van der Waals surface area contributed by atoms with E-state index in [2.05, 4.69) is 4.90 Å². The average Bonchev–Trinajstić information content (AvgIpc) is 3.25. The molecule has 0 bridgehead atoms. The first-order valence-electron chi connectivity index (χ1n) is 13.8. The molecule has 224 valence electrons. The lowest BCUT2D eigenvalue weighted by Crippen LogP contribution is -2.46. The van der Waals surface area contributed by atoms with Gasteiger partial charge in [0.1, 0.15) is 16.8 Å². The van der Waals surface area contributed by atoms with Crippen LogP contribution >= 0.6 is 46.4 Å². The maximum absolute atomic E-state index is 14.3. The van der Waals surface area contributed by atoms with Crippen molar-refractivity contribution in [3.8, 4) is 0 Å². The van der Waals surface area contributed by atoms with Gasteiger partial charge in [0.25, 0.3) is 5.91 Å². The number of hydrogen-bond acceptors (Lipinski definition) is 3. The van der Waals surface area contributed by atoms with Crippen LogP contribution in [-0.4, -0.2) is 65.9 Å². The number of anilines is 1. The van der Waals surface area contributed by atoms with Gasteiger partial charge in [0.05, 0.1) is 15.7 Å². The first kappa shape index (κ1) is 31.6. The molecule has 0 N–H and O–H groups in total. The first-order chi connectivity index (χ1) is 20.0. The molecule has 2 aliphatic heterocycles. The fourth-order valence-electron chi connectivity index (χ4n) is 6.24. The van der Waals surface area contributed by atoms with Gasteiger partial charge in [0.2, 0.25) is 0 Å². The smallest absolute Gasteiger partial charge is 0.253 e. The van der Waals surface area contributed by atoms with Crippen molar-refractivity contribution in [2.45, 2.75) is 30.6 Å². The van der Waals surface area contributed by atoms with Crippen LogP contribution in [0.3, 0.4) is 0 Å². The number of carbonyl (C=O) groups is 1. The highest BCUT2D eigenvalue weighted by Gasteiger charge is 2.45. The molecule has 1 spiro atoms. The summed E-state index contributed by atoms with van der Waals surface area (Å²) in [7, 11) is 0.594. The molecule has 2 aliphatic rings. The topological polar surface area (TPSA) is 43.9 Å². The van der Waals surface area contributed by atoms with E-state index in [9.17, 15) is 13.4 Å². The van der Waals surface area contributed by atoms with Crippen molar-refractivity contribution in [2.24, 2.45) is 0 Å². The number of rotatable bonds is 8. The molecule has 1 saturated heterocycles. The lowest BCUT2D eigenvalue weighted by molar-refractivity contribution is 0.0780. The Morgan fingerprint density at radius 2 is 1.69 bits per heavy atom. The van der Waals surface area contributed by atoms with E-state index < -0.39 is 11.0 Å². The Bertz CT molecular complexity index is 1500. The highest BCUT2D eigenvalue weighted by Crippen LogP contribution is 2.47. The van der Waals surface area contributed by atoms with Gasteiger partial charge in [-0.1, -0.05) is 52.5 Å². The van der Waals surface area contributed by atoms with E-state index >= 15 is 0 Å². The number of likely N-dealkylation sites (tertiary alicyclic amines) is 1. The first-order valence-corrected chi connectivity index (χ1v) is 16.8. The fourth-order valence-corrected chi connectivity index (χ4v) is 7.93. The summed E-state index contributed by atoms with van der Waals surface area (Å²) in [5.41, 5.74) is 3.06. The summed E-state index contributed by atoms with van der Waals surface area (Å²) in [4.78, 5) is 17.4. The Kier molecular flexibility index (Phi) is 9.77. The molecule has 42 heavy (non-hydrogen) atoms. The van der Waals surface area contributed by atoms with E-state index in [0.29, 0.717) is 38.7 Å². The molecule has 0 saturated carbocycles. The Morgan fingerprint density at radius 1 is 1.00 bits per heavy atom. The van der Waals surface area contributed by atoms with Crippen molar-refractivity contribution in [3.63, 3.8) is 0 Å². The molecule has 2 unspecified atom stereocenters. The number of likely N-dealkylation sites (N-methyl/N-ethyl adjacent to an activating group) is 1. The van der Waals surface area contributed by atoms with Gasteiger partial charge in [-0.3, -0.25) is 9.10 Å². The van der Waals surface area contributed by atoms with E-state index in [-0.39, 0.29) is 23.1 Å². The molecule has 1 fully saturated rings. The number of benzene rings is 3. The number of halogens is 5. The molecule has 0 aliphatic carbocycles. The summed E-state index contributed by atoms with van der Waals surface area (Å²) in [6.07, 6.45) is 4.16. The largest absolute Gasteiger partial charge is 0.341 e. The fraction of sp³-hybridized carbons (Fsp3) is 0.387. The number of hydrogen-bond donors (Lipinski definition) is 0. The van der Waals surface area contributed by atoms with E-state index in [0.717, 1.165) is 55.7 Å².